The lowest BCUT2D eigenvalue weighted by Gasteiger charge is -2.14. The summed E-state index contributed by atoms with van der Waals surface area (Å²) in [6.07, 6.45) is 0.837. The third-order valence-electron chi connectivity index (χ3n) is 4.30. The Morgan fingerprint density at radius 1 is 1.03 bits per heavy atom. The highest BCUT2D eigenvalue weighted by Gasteiger charge is 2.06. The Balaban J connectivity index is 1.87. The number of ether oxygens (including phenoxy) is 3. The van der Waals surface area contributed by atoms with E-state index in [-0.39, 0.29) is 12.5 Å². The zero-order valence-corrected chi connectivity index (χ0v) is 18.7. The Kier molecular flexibility index (Phi) is 10.2. The van der Waals surface area contributed by atoms with Crippen LogP contribution in [0.3, 0.4) is 0 Å². The third kappa shape index (κ3) is 8.96. The van der Waals surface area contributed by atoms with Gasteiger partial charge in [-0.2, -0.15) is 0 Å². The molecule has 0 saturated carbocycles. The number of aliphatic imine (C=N–C) groups is 1. The smallest absolute Gasteiger partial charge is 0.259 e. The number of hydrogen-bond donors (Lipinski definition) is 2. The summed E-state index contributed by atoms with van der Waals surface area (Å²) in [7, 11) is 6.80. The number of guanidine groups is 1. The minimum atomic E-state index is -0.0852. The van der Waals surface area contributed by atoms with E-state index in [9.17, 15) is 4.79 Å². The fourth-order valence-electron chi connectivity index (χ4n) is 2.58. The number of methoxy groups -OCH3 is 1. The lowest BCUT2D eigenvalue weighted by molar-refractivity contribution is -0.130. The molecule has 2 aromatic rings. The van der Waals surface area contributed by atoms with Gasteiger partial charge in [-0.3, -0.25) is 9.79 Å². The van der Waals surface area contributed by atoms with Crippen LogP contribution in [0.4, 0.5) is 5.69 Å². The van der Waals surface area contributed by atoms with E-state index in [1.807, 2.05) is 48.5 Å². The first-order valence-electron chi connectivity index (χ1n) is 10.1. The number of amides is 1. The van der Waals surface area contributed by atoms with Crippen LogP contribution in [0.25, 0.3) is 0 Å². The zero-order valence-electron chi connectivity index (χ0n) is 18.7. The SMILES string of the molecule is CN=C(NCc1cccc(OCC(=O)N(C)C)c1)Nc1cccc(OCCCOC)c1. The second kappa shape index (κ2) is 13.1. The van der Waals surface area contributed by atoms with Crippen molar-refractivity contribution >= 4 is 17.6 Å². The van der Waals surface area contributed by atoms with Gasteiger partial charge >= 0.3 is 0 Å². The molecule has 0 bridgehead atoms. The van der Waals surface area contributed by atoms with E-state index in [0.29, 0.717) is 31.5 Å². The molecule has 1 amide bonds. The van der Waals surface area contributed by atoms with E-state index < -0.39 is 0 Å². The Labute approximate surface area is 184 Å². The van der Waals surface area contributed by atoms with E-state index in [2.05, 4.69) is 15.6 Å². The lowest BCUT2D eigenvalue weighted by atomic mass is 10.2. The molecule has 0 aliphatic heterocycles. The average Bonchev–Trinajstić information content (AvgIpc) is 2.78. The molecule has 0 aliphatic rings. The van der Waals surface area contributed by atoms with Crippen LogP contribution in [0.1, 0.15) is 12.0 Å². The predicted octanol–water partition coefficient (Wildman–Crippen LogP) is 2.76. The van der Waals surface area contributed by atoms with Crippen molar-refractivity contribution in [1.29, 1.82) is 0 Å². The standard InChI is InChI=1S/C23H32N4O4/c1-24-23(26-19-9-6-11-21(15-19)30-13-7-12-29-4)25-16-18-8-5-10-20(14-18)31-17-22(28)27(2)3/h5-6,8-11,14-15H,7,12-13,16-17H2,1-4H3,(H2,24,25,26). The van der Waals surface area contributed by atoms with Crippen LogP contribution in [-0.4, -0.2) is 64.8 Å². The molecule has 8 nitrogen and oxygen atoms in total. The van der Waals surface area contributed by atoms with Gasteiger partial charge in [-0.15, -0.1) is 0 Å². The normalized spacial score (nSPS) is 11.0. The van der Waals surface area contributed by atoms with Crippen molar-refractivity contribution in [3.63, 3.8) is 0 Å². The summed E-state index contributed by atoms with van der Waals surface area (Å²) in [5.41, 5.74) is 1.88. The second-order valence-electron chi connectivity index (χ2n) is 7.00. The Hall–Kier alpha value is -3.26. The van der Waals surface area contributed by atoms with Gasteiger partial charge in [0.1, 0.15) is 11.5 Å². The molecule has 0 fully saturated rings. The molecule has 0 unspecified atom stereocenters. The van der Waals surface area contributed by atoms with Gasteiger partial charge in [-0.1, -0.05) is 18.2 Å². The van der Waals surface area contributed by atoms with E-state index in [0.717, 1.165) is 23.4 Å². The third-order valence-corrected chi connectivity index (χ3v) is 4.30. The molecule has 0 radical (unpaired) electrons. The highest BCUT2D eigenvalue weighted by Crippen LogP contribution is 2.18. The van der Waals surface area contributed by atoms with Crippen molar-refractivity contribution in [2.45, 2.75) is 13.0 Å². The summed E-state index contributed by atoms with van der Waals surface area (Å²) in [6.45, 7) is 1.83. The summed E-state index contributed by atoms with van der Waals surface area (Å²) in [6, 6.07) is 15.3. The molecule has 0 heterocycles. The highest BCUT2D eigenvalue weighted by molar-refractivity contribution is 5.93. The van der Waals surface area contributed by atoms with Crippen LogP contribution in [0.5, 0.6) is 11.5 Å². The minimum absolute atomic E-state index is 0.0109. The number of carbonyl (C=O) groups is 1. The van der Waals surface area contributed by atoms with Crippen LogP contribution < -0.4 is 20.1 Å². The van der Waals surface area contributed by atoms with Gasteiger partial charge in [0.05, 0.1) is 6.61 Å². The summed E-state index contributed by atoms with van der Waals surface area (Å²) in [4.78, 5) is 17.5. The number of hydrogen-bond acceptors (Lipinski definition) is 5. The minimum Gasteiger partial charge on any atom is -0.493 e. The lowest BCUT2D eigenvalue weighted by Crippen LogP contribution is -2.30. The maximum Gasteiger partial charge on any atom is 0.259 e. The molecule has 31 heavy (non-hydrogen) atoms. The Bertz CT molecular complexity index is 855. The largest absolute Gasteiger partial charge is 0.493 e. The first-order chi connectivity index (χ1) is 15.0. The van der Waals surface area contributed by atoms with Crippen molar-refractivity contribution in [3.8, 4) is 11.5 Å². The fraction of sp³-hybridized carbons (Fsp3) is 0.391. The first-order valence-corrected chi connectivity index (χ1v) is 10.1. The summed E-state index contributed by atoms with van der Waals surface area (Å²) < 4.78 is 16.3. The van der Waals surface area contributed by atoms with Gasteiger partial charge in [-0.05, 0) is 29.8 Å². The Morgan fingerprint density at radius 2 is 1.77 bits per heavy atom. The fourth-order valence-corrected chi connectivity index (χ4v) is 2.58. The molecule has 0 aromatic heterocycles. The van der Waals surface area contributed by atoms with Gasteiger partial charge in [-0.25, -0.2) is 0 Å². The number of carbonyl (C=O) groups excluding carboxylic acids is 1. The molecule has 0 aliphatic carbocycles. The van der Waals surface area contributed by atoms with Crippen LogP contribution in [0, 0.1) is 0 Å². The predicted molar refractivity (Wildman–Crippen MR) is 123 cm³/mol. The molecular formula is C23H32N4O4. The van der Waals surface area contributed by atoms with Crippen molar-refractivity contribution in [1.82, 2.24) is 10.2 Å². The van der Waals surface area contributed by atoms with Crippen molar-refractivity contribution < 1.29 is 19.0 Å². The monoisotopic (exact) mass is 428 g/mol. The van der Waals surface area contributed by atoms with E-state index in [1.165, 1.54) is 4.90 Å². The highest BCUT2D eigenvalue weighted by atomic mass is 16.5. The topological polar surface area (TPSA) is 84.4 Å². The Morgan fingerprint density at radius 3 is 2.48 bits per heavy atom. The summed E-state index contributed by atoms with van der Waals surface area (Å²) >= 11 is 0. The molecule has 2 N–H and O–H groups in total. The van der Waals surface area contributed by atoms with E-state index >= 15 is 0 Å². The van der Waals surface area contributed by atoms with Crippen LogP contribution in [0.15, 0.2) is 53.5 Å². The van der Waals surface area contributed by atoms with Gasteiger partial charge in [0.15, 0.2) is 12.6 Å². The number of likely N-dealkylation sites (N-methyl/N-ethyl adjacent to an activating group) is 1. The molecule has 0 atom stereocenters. The van der Waals surface area contributed by atoms with Gasteiger partial charge < -0.3 is 29.7 Å². The van der Waals surface area contributed by atoms with Gasteiger partial charge in [0.25, 0.3) is 5.91 Å². The maximum atomic E-state index is 11.7. The molecule has 0 saturated heterocycles. The van der Waals surface area contributed by atoms with E-state index in [1.54, 1.807) is 28.3 Å². The molecule has 168 valence electrons. The van der Waals surface area contributed by atoms with Crippen LogP contribution >= 0.6 is 0 Å². The van der Waals surface area contributed by atoms with Crippen molar-refractivity contribution in [3.05, 3.63) is 54.1 Å². The zero-order chi connectivity index (χ0) is 22.5. The molecule has 8 heteroatoms. The average molecular weight is 429 g/mol. The first kappa shape index (κ1) is 24.0. The van der Waals surface area contributed by atoms with Crippen LogP contribution in [-0.2, 0) is 16.1 Å². The summed E-state index contributed by atoms with van der Waals surface area (Å²) in [5.74, 6) is 1.98. The van der Waals surface area contributed by atoms with Crippen LogP contribution in [0.2, 0.25) is 0 Å². The number of rotatable bonds is 11. The number of benzene rings is 2. The maximum absolute atomic E-state index is 11.7. The quantitative estimate of drug-likeness (QED) is 0.325. The summed E-state index contributed by atoms with van der Waals surface area (Å²) in [5, 5.41) is 6.54. The van der Waals surface area contributed by atoms with Crippen molar-refractivity contribution in [2.24, 2.45) is 4.99 Å². The van der Waals surface area contributed by atoms with Gasteiger partial charge in [0.2, 0.25) is 0 Å². The number of nitrogens with zero attached hydrogens (tertiary/aromatic N) is 2. The molecule has 2 rings (SSSR count). The molecule has 2 aromatic carbocycles. The molecule has 0 spiro atoms. The van der Waals surface area contributed by atoms with Crippen molar-refractivity contribution in [2.75, 3.05) is 53.4 Å². The number of anilines is 1. The number of nitrogens with one attached hydrogen (secondary N) is 2. The van der Waals surface area contributed by atoms with E-state index in [4.69, 9.17) is 14.2 Å². The molecular weight excluding hydrogens is 396 g/mol. The second-order valence-corrected chi connectivity index (χ2v) is 7.00. The van der Waals surface area contributed by atoms with Gasteiger partial charge in [0, 0.05) is 59.6 Å².